The average Bonchev–Trinajstić information content (AvgIpc) is 3.01. The lowest BCUT2D eigenvalue weighted by molar-refractivity contribution is 0.0297. The Balaban J connectivity index is 2.13. The van der Waals surface area contributed by atoms with Crippen LogP contribution in [0.1, 0.15) is 53.9 Å². The summed E-state index contributed by atoms with van der Waals surface area (Å²) in [6, 6.07) is 0.569. The molecule has 1 N–H and O–H groups in total. The second-order valence-electron chi connectivity index (χ2n) is 7.09. The van der Waals surface area contributed by atoms with Gasteiger partial charge < -0.3 is 15.0 Å². The van der Waals surface area contributed by atoms with E-state index in [0.717, 1.165) is 19.5 Å². The van der Waals surface area contributed by atoms with Crippen molar-refractivity contribution >= 4 is 6.09 Å². The van der Waals surface area contributed by atoms with E-state index in [9.17, 15) is 4.79 Å². The molecule has 0 spiro atoms. The van der Waals surface area contributed by atoms with Crippen molar-refractivity contribution in [2.24, 2.45) is 5.41 Å². The summed E-state index contributed by atoms with van der Waals surface area (Å²) in [5.41, 5.74) is 0.0930. The molecule has 1 aliphatic rings. The normalized spacial score (nSPS) is 18.8. The van der Waals surface area contributed by atoms with Crippen LogP contribution in [0.3, 0.4) is 0 Å². The SMILES string of the molecule is CC(NCCCN(C)C(=O)OC(C)(C)C)C1(C)CC1. The maximum absolute atomic E-state index is 11.7. The Morgan fingerprint density at radius 2 is 2.00 bits per heavy atom. The molecule has 0 heterocycles. The van der Waals surface area contributed by atoms with Gasteiger partial charge in [0.2, 0.25) is 0 Å². The predicted octanol–water partition coefficient (Wildman–Crippen LogP) is 3.02. The zero-order chi connectivity index (χ0) is 14.7. The second-order valence-corrected chi connectivity index (χ2v) is 7.09. The molecule has 1 fully saturated rings. The molecule has 19 heavy (non-hydrogen) atoms. The van der Waals surface area contributed by atoms with Crippen LogP contribution in [-0.4, -0.2) is 42.8 Å². The summed E-state index contributed by atoms with van der Waals surface area (Å²) in [5, 5.41) is 3.55. The first-order chi connectivity index (χ1) is 8.64. The minimum absolute atomic E-state index is 0.241. The van der Waals surface area contributed by atoms with Crippen molar-refractivity contribution < 1.29 is 9.53 Å². The molecule has 0 aromatic rings. The molecule has 4 heteroatoms. The highest BCUT2D eigenvalue weighted by Crippen LogP contribution is 2.47. The predicted molar refractivity (Wildman–Crippen MR) is 78.3 cm³/mol. The van der Waals surface area contributed by atoms with Crippen LogP contribution < -0.4 is 5.32 Å². The lowest BCUT2D eigenvalue weighted by Gasteiger charge is -2.25. The van der Waals surface area contributed by atoms with Crippen molar-refractivity contribution in [3.8, 4) is 0 Å². The van der Waals surface area contributed by atoms with Crippen molar-refractivity contribution in [1.29, 1.82) is 0 Å². The second kappa shape index (κ2) is 6.12. The van der Waals surface area contributed by atoms with Crippen LogP contribution in [0.25, 0.3) is 0 Å². The summed E-state index contributed by atoms with van der Waals surface area (Å²) in [4.78, 5) is 13.4. The molecule has 0 radical (unpaired) electrons. The van der Waals surface area contributed by atoms with E-state index in [0.29, 0.717) is 11.5 Å². The van der Waals surface area contributed by atoms with Gasteiger partial charge in [0.15, 0.2) is 0 Å². The van der Waals surface area contributed by atoms with Crippen LogP contribution >= 0.6 is 0 Å². The summed E-state index contributed by atoms with van der Waals surface area (Å²) in [5.74, 6) is 0. The fourth-order valence-electron chi connectivity index (χ4n) is 1.94. The summed E-state index contributed by atoms with van der Waals surface area (Å²) in [6.45, 7) is 11.9. The summed E-state index contributed by atoms with van der Waals surface area (Å²) in [7, 11) is 1.79. The van der Waals surface area contributed by atoms with Crippen molar-refractivity contribution in [1.82, 2.24) is 10.2 Å². The van der Waals surface area contributed by atoms with E-state index in [1.165, 1.54) is 12.8 Å². The summed E-state index contributed by atoms with van der Waals surface area (Å²) in [6.07, 6.45) is 3.38. The smallest absolute Gasteiger partial charge is 0.410 e. The quantitative estimate of drug-likeness (QED) is 0.754. The lowest BCUT2D eigenvalue weighted by Crippen LogP contribution is -2.37. The zero-order valence-electron chi connectivity index (χ0n) is 13.4. The van der Waals surface area contributed by atoms with Crippen molar-refractivity contribution in [2.75, 3.05) is 20.1 Å². The largest absolute Gasteiger partial charge is 0.444 e. The van der Waals surface area contributed by atoms with Gasteiger partial charge in [-0.05, 0) is 58.9 Å². The molecule has 0 aromatic heterocycles. The number of nitrogens with one attached hydrogen (secondary N) is 1. The average molecular weight is 270 g/mol. The first-order valence-corrected chi connectivity index (χ1v) is 7.31. The molecule has 1 aliphatic carbocycles. The van der Waals surface area contributed by atoms with Gasteiger partial charge in [-0.1, -0.05) is 6.92 Å². The van der Waals surface area contributed by atoms with Gasteiger partial charge >= 0.3 is 6.09 Å². The van der Waals surface area contributed by atoms with Gasteiger partial charge in [-0.2, -0.15) is 0 Å². The van der Waals surface area contributed by atoms with Gasteiger partial charge in [0.05, 0.1) is 0 Å². The molecular formula is C15H30N2O2. The van der Waals surface area contributed by atoms with Gasteiger partial charge in [0.1, 0.15) is 5.60 Å². The van der Waals surface area contributed by atoms with Crippen molar-refractivity contribution in [3.05, 3.63) is 0 Å². The molecular weight excluding hydrogens is 240 g/mol. The number of hydrogen-bond acceptors (Lipinski definition) is 3. The molecule has 1 amide bonds. The lowest BCUT2D eigenvalue weighted by atomic mass is 10.0. The first-order valence-electron chi connectivity index (χ1n) is 7.31. The Hall–Kier alpha value is -0.770. The van der Waals surface area contributed by atoms with Crippen LogP contribution in [0, 0.1) is 5.41 Å². The van der Waals surface area contributed by atoms with Gasteiger partial charge in [-0.15, -0.1) is 0 Å². The number of ether oxygens (including phenoxy) is 1. The maximum atomic E-state index is 11.7. The molecule has 0 aromatic carbocycles. The van der Waals surface area contributed by atoms with E-state index in [1.54, 1.807) is 11.9 Å². The third-order valence-corrected chi connectivity index (χ3v) is 3.91. The van der Waals surface area contributed by atoms with Crippen LogP contribution in [0.5, 0.6) is 0 Å². The molecule has 1 atom stereocenters. The summed E-state index contributed by atoms with van der Waals surface area (Å²) >= 11 is 0. The Kier molecular flexibility index (Phi) is 5.25. The number of carbonyl (C=O) groups excluding carboxylic acids is 1. The molecule has 1 rings (SSSR count). The zero-order valence-corrected chi connectivity index (χ0v) is 13.4. The minimum Gasteiger partial charge on any atom is -0.444 e. The molecule has 1 saturated carbocycles. The van der Waals surface area contributed by atoms with Crippen molar-refractivity contribution in [2.45, 2.75) is 65.5 Å². The molecule has 1 unspecified atom stereocenters. The third kappa shape index (κ3) is 5.81. The monoisotopic (exact) mass is 270 g/mol. The number of amides is 1. The Bertz CT molecular complexity index is 306. The van der Waals surface area contributed by atoms with Gasteiger partial charge in [0, 0.05) is 19.6 Å². The molecule has 0 saturated heterocycles. The van der Waals surface area contributed by atoms with Gasteiger partial charge in [-0.3, -0.25) is 0 Å². The standard InChI is InChI=1S/C15H30N2O2/c1-12(15(5)8-9-15)16-10-7-11-17(6)13(18)19-14(2,3)4/h12,16H,7-11H2,1-6H3. The van der Waals surface area contributed by atoms with Gasteiger partial charge in [-0.25, -0.2) is 4.79 Å². The summed E-state index contributed by atoms with van der Waals surface area (Å²) < 4.78 is 5.31. The maximum Gasteiger partial charge on any atom is 0.410 e. The highest BCUT2D eigenvalue weighted by molar-refractivity contribution is 5.67. The van der Waals surface area contributed by atoms with Crippen molar-refractivity contribution in [3.63, 3.8) is 0 Å². The number of hydrogen-bond donors (Lipinski definition) is 1. The highest BCUT2D eigenvalue weighted by atomic mass is 16.6. The van der Waals surface area contributed by atoms with E-state index in [-0.39, 0.29) is 6.09 Å². The topological polar surface area (TPSA) is 41.6 Å². The Morgan fingerprint density at radius 3 is 2.47 bits per heavy atom. The van der Waals surface area contributed by atoms with Crippen LogP contribution in [0.15, 0.2) is 0 Å². The molecule has 0 bridgehead atoms. The molecule has 4 nitrogen and oxygen atoms in total. The number of nitrogens with zero attached hydrogens (tertiary/aromatic N) is 1. The van der Waals surface area contributed by atoms with Crippen LogP contribution in [0.4, 0.5) is 4.79 Å². The fraction of sp³-hybridized carbons (Fsp3) is 0.933. The number of carbonyl (C=O) groups is 1. The Morgan fingerprint density at radius 1 is 1.42 bits per heavy atom. The minimum atomic E-state index is -0.418. The van der Waals surface area contributed by atoms with E-state index in [4.69, 9.17) is 4.74 Å². The molecule has 112 valence electrons. The van der Waals surface area contributed by atoms with E-state index in [2.05, 4.69) is 19.2 Å². The highest BCUT2D eigenvalue weighted by Gasteiger charge is 2.41. The van der Waals surface area contributed by atoms with Crippen LogP contribution in [0.2, 0.25) is 0 Å². The van der Waals surface area contributed by atoms with E-state index >= 15 is 0 Å². The Labute approximate surface area is 117 Å². The molecule has 0 aliphatic heterocycles. The van der Waals surface area contributed by atoms with Crippen LogP contribution in [-0.2, 0) is 4.74 Å². The third-order valence-electron chi connectivity index (χ3n) is 3.91. The number of rotatable bonds is 6. The first kappa shape index (κ1) is 16.3. The van der Waals surface area contributed by atoms with Gasteiger partial charge in [0.25, 0.3) is 0 Å². The van der Waals surface area contributed by atoms with E-state index < -0.39 is 5.60 Å². The van der Waals surface area contributed by atoms with E-state index in [1.807, 2.05) is 20.8 Å². The fourth-order valence-corrected chi connectivity index (χ4v) is 1.94.